The van der Waals surface area contributed by atoms with E-state index in [1.54, 1.807) is 12.1 Å². The first-order valence-corrected chi connectivity index (χ1v) is 6.98. The van der Waals surface area contributed by atoms with Gasteiger partial charge in [0.1, 0.15) is 5.82 Å². The lowest BCUT2D eigenvalue weighted by molar-refractivity contribution is 0.163. The normalized spacial score (nSPS) is 22.4. The molecule has 1 fully saturated rings. The SMILES string of the molecule is CN1CCCC(CNCC(O)c2ccc(F)cc2)C1. The van der Waals surface area contributed by atoms with Crippen molar-refractivity contribution in [1.82, 2.24) is 10.2 Å². The van der Waals surface area contributed by atoms with E-state index in [-0.39, 0.29) is 5.82 Å². The minimum atomic E-state index is -0.568. The molecule has 2 rings (SSSR count). The molecule has 0 spiro atoms. The molecule has 1 aromatic rings. The van der Waals surface area contributed by atoms with Crippen LogP contribution < -0.4 is 5.32 Å². The molecule has 0 radical (unpaired) electrons. The summed E-state index contributed by atoms with van der Waals surface area (Å²) in [6.45, 7) is 3.77. The van der Waals surface area contributed by atoms with Crippen LogP contribution in [0.25, 0.3) is 0 Å². The van der Waals surface area contributed by atoms with Crippen molar-refractivity contribution in [3.63, 3.8) is 0 Å². The first-order chi connectivity index (χ1) is 9.15. The smallest absolute Gasteiger partial charge is 0.123 e. The fraction of sp³-hybridized carbons (Fsp3) is 0.600. The molecule has 0 aromatic heterocycles. The highest BCUT2D eigenvalue weighted by Gasteiger charge is 2.17. The monoisotopic (exact) mass is 266 g/mol. The minimum Gasteiger partial charge on any atom is -0.387 e. The third-order valence-electron chi connectivity index (χ3n) is 3.75. The van der Waals surface area contributed by atoms with Crippen molar-refractivity contribution in [2.45, 2.75) is 18.9 Å². The number of aliphatic hydroxyl groups is 1. The van der Waals surface area contributed by atoms with Crippen LogP contribution >= 0.6 is 0 Å². The maximum absolute atomic E-state index is 12.8. The largest absolute Gasteiger partial charge is 0.387 e. The fourth-order valence-corrected chi connectivity index (χ4v) is 2.67. The van der Waals surface area contributed by atoms with Gasteiger partial charge in [-0.15, -0.1) is 0 Å². The number of nitrogens with one attached hydrogen (secondary N) is 1. The third kappa shape index (κ3) is 4.56. The van der Waals surface area contributed by atoms with Gasteiger partial charge in [0.05, 0.1) is 6.10 Å². The number of benzene rings is 1. The number of rotatable bonds is 5. The van der Waals surface area contributed by atoms with Crippen LogP contribution in [0.1, 0.15) is 24.5 Å². The average Bonchev–Trinajstić information content (AvgIpc) is 2.39. The van der Waals surface area contributed by atoms with Crippen LogP contribution in [0.5, 0.6) is 0 Å². The molecule has 19 heavy (non-hydrogen) atoms. The van der Waals surface area contributed by atoms with Gasteiger partial charge in [-0.3, -0.25) is 0 Å². The summed E-state index contributed by atoms with van der Waals surface area (Å²) in [5.41, 5.74) is 0.759. The lowest BCUT2D eigenvalue weighted by Crippen LogP contribution is -2.38. The molecular formula is C15H23FN2O. The standard InChI is InChI=1S/C15H23FN2O/c1-18-8-2-3-12(11-18)9-17-10-15(19)13-4-6-14(16)7-5-13/h4-7,12,15,17,19H,2-3,8-11H2,1H3. The Morgan fingerprint density at radius 3 is 2.84 bits per heavy atom. The fourth-order valence-electron chi connectivity index (χ4n) is 2.67. The number of nitrogens with zero attached hydrogens (tertiary/aromatic N) is 1. The summed E-state index contributed by atoms with van der Waals surface area (Å²) in [5, 5.41) is 13.3. The zero-order chi connectivity index (χ0) is 13.7. The number of hydrogen-bond acceptors (Lipinski definition) is 3. The molecule has 0 aliphatic carbocycles. The quantitative estimate of drug-likeness (QED) is 0.853. The van der Waals surface area contributed by atoms with Crippen LogP contribution in [-0.2, 0) is 0 Å². The van der Waals surface area contributed by atoms with Crippen molar-refractivity contribution in [3.05, 3.63) is 35.6 Å². The van der Waals surface area contributed by atoms with Crippen LogP contribution in [-0.4, -0.2) is 43.2 Å². The van der Waals surface area contributed by atoms with Gasteiger partial charge in [0.15, 0.2) is 0 Å². The van der Waals surface area contributed by atoms with Gasteiger partial charge in [0.2, 0.25) is 0 Å². The van der Waals surface area contributed by atoms with E-state index in [9.17, 15) is 9.50 Å². The molecule has 1 aliphatic rings. The van der Waals surface area contributed by atoms with Crippen molar-refractivity contribution in [3.8, 4) is 0 Å². The van der Waals surface area contributed by atoms with E-state index in [0.29, 0.717) is 12.5 Å². The van der Waals surface area contributed by atoms with E-state index in [4.69, 9.17) is 0 Å². The molecule has 1 heterocycles. The highest BCUT2D eigenvalue weighted by Crippen LogP contribution is 2.15. The van der Waals surface area contributed by atoms with E-state index in [1.165, 1.54) is 31.5 Å². The summed E-state index contributed by atoms with van der Waals surface area (Å²) in [7, 11) is 2.15. The molecule has 106 valence electrons. The van der Waals surface area contributed by atoms with Gasteiger partial charge in [-0.25, -0.2) is 4.39 Å². The van der Waals surface area contributed by atoms with E-state index in [0.717, 1.165) is 18.7 Å². The second kappa shape index (κ2) is 6.98. The predicted octanol–water partition coefficient (Wildman–Crippen LogP) is 1.79. The minimum absolute atomic E-state index is 0.269. The Bertz CT molecular complexity index is 382. The van der Waals surface area contributed by atoms with Gasteiger partial charge >= 0.3 is 0 Å². The lowest BCUT2D eigenvalue weighted by Gasteiger charge is -2.30. The number of likely N-dealkylation sites (tertiary alicyclic amines) is 1. The molecular weight excluding hydrogens is 243 g/mol. The molecule has 3 nitrogen and oxygen atoms in total. The highest BCUT2D eigenvalue weighted by molar-refractivity contribution is 5.18. The number of piperidine rings is 1. The maximum Gasteiger partial charge on any atom is 0.123 e. The molecule has 4 heteroatoms. The predicted molar refractivity (Wildman–Crippen MR) is 74.5 cm³/mol. The van der Waals surface area contributed by atoms with Gasteiger partial charge in [0.25, 0.3) is 0 Å². The molecule has 0 bridgehead atoms. The van der Waals surface area contributed by atoms with Crippen LogP contribution in [0.15, 0.2) is 24.3 Å². The molecule has 2 N–H and O–H groups in total. The molecule has 2 atom stereocenters. The zero-order valence-electron chi connectivity index (χ0n) is 11.5. The molecule has 2 unspecified atom stereocenters. The first kappa shape index (κ1) is 14.4. The molecule has 0 saturated carbocycles. The van der Waals surface area contributed by atoms with Gasteiger partial charge in [-0.1, -0.05) is 12.1 Å². The highest BCUT2D eigenvalue weighted by atomic mass is 19.1. The van der Waals surface area contributed by atoms with Crippen molar-refractivity contribution < 1.29 is 9.50 Å². The number of halogens is 1. The van der Waals surface area contributed by atoms with E-state index in [2.05, 4.69) is 17.3 Å². The topological polar surface area (TPSA) is 35.5 Å². The second-order valence-electron chi connectivity index (χ2n) is 5.50. The summed E-state index contributed by atoms with van der Waals surface area (Å²) in [4.78, 5) is 2.35. The average molecular weight is 266 g/mol. The van der Waals surface area contributed by atoms with Crippen LogP contribution in [0.3, 0.4) is 0 Å². The summed E-state index contributed by atoms with van der Waals surface area (Å²) in [5.74, 6) is 0.397. The summed E-state index contributed by atoms with van der Waals surface area (Å²) in [6.07, 6.45) is 1.94. The third-order valence-corrected chi connectivity index (χ3v) is 3.75. The van der Waals surface area contributed by atoms with E-state index in [1.807, 2.05) is 0 Å². The molecule has 0 amide bonds. The van der Waals surface area contributed by atoms with Crippen LogP contribution in [0.4, 0.5) is 4.39 Å². The van der Waals surface area contributed by atoms with Gasteiger partial charge in [0, 0.05) is 13.1 Å². The zero-order valence-corrected chi connectivity index (χ0v) is 11.5. The summed E-state index contributed by atoms with van der Waals surface area (Å²) >= 11 is 0. The first-order valence-electron chi connectivity index (χ1n) is 6.98. The lowest BCUT2D eigenvalue weighted by atomic mass is 9.98. The van der Waals surface area contributed by atoms with Crippen LogP contribution in [0.2, 0.25) is 0 Å². The Morgan fingerprint density at radius 1 is 1.42 bits per heavy atom. The number of aliphatic hydroxyl groups excluding tert-OH is 1. The molecule has 1 aliphatic heterocycles. The van der Waals surface area contributed by atoms with Crippen molar-refractivity contribution in [2.24, 2.45) is 5.92 Å². The Kier molecular flexibility index (Phi) is 5.31. The van der Waals surface area contributed by atoms with E-state index >= 15 is 0 Å². The molecule has 1 saturated heterocycles. The van der Waals surface area contributed by atoms with Crippen LogP contribution in [0, 0.1) is 11.7 Å². The van der Waals surface area contributed by atoms with Crippen molar-refractivity contribution in [2.75, 3.05) is 33.2 Å². The van der Waals surface area contributed by atoms with Gasteiger partial charge < -0.3 is 15.3 Å². The van der Waals surface area contributed by atoms with Gasteiger partial charge in [-0.2, -0.15) is 0 Å². The summed E-state index contributed by atoms with van der Waals surface area (Å²) in [6, 6.07) is 6.04. The summed E-state index contributed by atoms with van der Waals surface area (Å²) < 4.78 is 12.8. The maximum atomic E-state index is 12.8. The Hall–Kier alpha value is -0.970. The van der Waals surface area contributed by atoms with Crippen molar-refractivity contribution >= 4 is 0 Å². The Labute approximate surface area is 114 Å². The Morgan fingerprint density at radius 2 is 2.16 bits per heavy atom. The Balaban J connectivity index is 1.71. The number of hydrogen-bond donors (Lipinski definition) is 2. The molecule has 1 aromatic carbocycles. The van der Waals surface area contributed by atoms with E-state index < -0.39 is 6.10 Å². The van der Waals surface area contributed by atoms with Crippen molar-refractivity contribution in [1.29, 1.82) is 0 Å². The van der Waals surface area contributed by atoms with Gasteiger partial charge in [-0.05, 0) is 56.6 Å². The second-order valence-corrected chi connectivity index (χ2v) is 5.50.